The van der Waals surface area contributed by atoms with Crippen molar-refractivity contribution in [2.75, 3.05) is 13.1 Å². The number of likely N-dealkylation sites (tertiary alicyclic amines) is 1. The molecule has 1 atom stereocenters. The zero-order valence-electron chi connectivity index (χ0n) is 18.5. The second-order valence-corrected chi connectivity index (χ2v) is 8.28. The Bertz CT molecular complexity index is 1160. The van der Waals surface area contributed by atoms with Crippen molar-refractivity contribution in [1.82, 2.24) is 4.90 Å². The van der Waals surface area contributed by atoms with Gasteiger partial charge < -0.3 is 15.4 Å². The molecule has 1 unspecified atom stereocenters. The second-order valence-electron chi connectivity index (χ2n) is 8.28. The zero-order chi connectivity index (χ0) is 22.7. The summed E-state index contributed by atoms with van der Waals surface area (Å²) in [6, 6.07) is 21.0. The van der Waals surface area contributed by atoms with E-state index in [4.69, 9.17) is 10.5 Å². The molecule has 0 aromatic heterocycles. The Hall–Kier alpha value is -3.60. The van der Waals surface area contributed by atoms with Crippen LogP contribution in [0.2, 0.25) is 0 Å². The summed E-state index contributed by atoms with van der Waals surface area (Å²) in [5.41, 5.74) is 9.89. The minimum atomic E-state index is -0.488. The maximum atomic E-state index is 12.9. The third-order valence-corrected chi connectivity index (χ3v) is 6.05. The van der Waals surface area contributed by atoms with E-state index in [0.29, 0.717) is 30.0 Å². The fourth-order valence-electron chi connectivity index (χ4n) is 4.35. The summed E-state index contributed by atoms with van der Waals surface area (Å²) in [7, 11) is 0. The lowest BCUT2D eigenvalue weighted by Crippen LogP contribution is -2.28. The van der Waals surface area contributed by atoms with Crippen LogP contribution in [-0.2, 0) is 6.42 Å². The number of carbonyl (C=O) groups excluding carboxylic acids is 2. The number of nitrogens with two attached hydrogens (primary N) is 1. The van der Waals surface area contributed by atoms with Gasteiger partial charge in [0.2, 0.25) is 5.91 Å². The molecule has 0 radical (unpaired) electrons. The molecule has 1 aliphatic rings. The van der Waals surface area contributed by atoms with Crippen LogP contribution < -0.4 is 10.5 Å². The van der Waals surface area contributed by atoms with E-state index in [1.54, 1.807) is 6.07 Å². The summed E-state index contributed by atoms with van der Waals surface area (Å²) in [6.45, 7) is 5.26. The molecular weight excluding hydrogens is 400 g/mol. The molecule has 1 saturated heterocycles. The topological polar surface area (TPSA) is 72.6 Å². The van der Waals surface area contributed by atoms with Gasteiger partial charge in [0.1, 0.15) is 11.5 Å². The van der Waals surface area contributed by atoms with Gasteiger partial charge in [-0.25, -0.2) is 0 Å². The van der Waals surface area contributed by atoms with Crippen LogP contribution in [0.4, 0.5) is 0 Å². The van der Waals surface area contributed by atoms with Crippen molar-refractivity contribution in [2.24, 2.45) is 5.73 Å². The lowest BCUT2D eigenvalue weighted by molar-refractivity contribution is 0.0790. The molecule has 2 amide bonds. The molecule has 4 rings (SSSR count). The number of nitrogens with zero attached hydrogens (tertiary/aromatic N) is 1. The summed E-state index contributed by atoms with van der Waals surface area (Å²) < 4.78 is 6.06. The van der Waals surface area contributed by atoms with Crippen molar-refractivity contribution in [3.63, 3.8) is 0 Å². The predicted molar refractivity (Wildman–Crippen MR) is 125 cm³/mol. The maximum Gasteiger partial charge on any atom is 0.253 e. The van der Waals surface area contributed by atoms with Gasteiger partial charge in [-0.05, 0) is 61.2 Å². The van der Waals surface area contributed by atoms with Crippen LogP contribution in [0.3, 0.4) is 0 Å². The van der Waals surface area contributed by atoms with E-state index in [0.717, 1.165) is 35.3 Å². The first-order valence-corrected chi connectivity index (χ1v) is 11.0. The Morgan fingerprint density at radius 2 is 1.88 bits per heavy atom. The quantitative estimate of drug-likeness (QED) is 0.595. The third kappa shape index (κ3) is 4.52. The molecule has 1 heterocycles. The second kappa shape index (κ2) is 9.27. The molecule has 2 N–H and O–H groups in total. The highest BCUT2D eigenvalue weighted by molar-refractivity contribution is 5.96. The number of primary amides is 1. The molecule has 0 spiro atoms. The van der Waals surface area contributed by atoms with Gasteiger partial charge in [-0.15, -0.1) is 0 Å². The molecule has 1 fully saturated rings. The monoisotopic (exact) mass is 428 g/mol. The minimum Gasteiger partial charge on any atom is -0.457 e. The first kappa shape index (κ1) is 21.6. The number of rotatable bonds is 6. The van der Waals surface area contributed by atoms with Gasteiger partial charge in [0.05, 0.1) is 0 Å². The molecular formula is C27H28N2O3. The van der Waals surface area contributed by atoms with Gasteiger partial charge in [0.25, 0.3) is 5.91 Å². The zero-order valence-corrected chi connectivity index (χ0v) is 18.5. The van der Waals surface area contributed by atoms with Crippen molar-refractivity contribution in [3.05, 3.63) is 94.5 Å². The number of aryl methyl sites for hydroxylation is 2. The summed E-state index contributed by atoms with van der Waals surface area (Å²) in [4.78, 5) is 27.0. The van der Waals surface area contributed by atoms with Crippen molar-refractivity contribution in [1.29, 1.82) is 0 Å². The Labute approximate surface area is 188 Å². The lowest BCUT2D eigenvalue weighted by Gasteiger charge is -2.19. The van der Waals surface area contributed by atoms with E-state index in [1.165, 1.54) is 0 Å². The number of amides is 2. The molecule has 5 heteroatoms. The molecule has 0 bridgehead atoms. The standard InChI is InChI=1S/C27H28N2O3/c1-3-19-8-4-5-10-25(19)32-22-11-12-23(24(16-22)26(28)30)21-13-14-29(17-21)27(31)20-9-6-7-18(2)15-20/h4-12,15-16,21H,3,13-14,17H2,1-2H3,(H2,28,30). The number of para-hydroxylation sites is 1. The van der Waals surface area contributed by atoms with Gasteiger partial charge >= 0.3 is 0 Å². The van der Waals surface area contributed by atoms with E-state index >= 15 is 0 Å². The fraction of sp³-hybridized carbons (Fsp3) is 0.259. The maximum absolute atomic E-state index is 12.9. The number of carbonyl (C=O) groups is 2. The van der Waals surface area contributed by atoms with Gasteiger partial charge in [0, 0.05) is 30.1 Å². The summed E-state index contributed by atoms with van der Waals surface area (Å²) in [5, 5.41) is 0. The molecule has 3 aromatic carbocycles. The number of benzene rings is 3. The third-order valence-electron chi connectivity index (χ3n) is 6.05. The molecule has 0 aliphatic carbocycles. The van der Waals surface area contributed by atoms with Crippen molar-refractivity contribution in [2.45, 2.75) is 32.6 Å². The van der Waals surface area contributed by atoms with Gasteiger partial charge in [-0.1, -0.05) is 48.9 Å². The van der Waals surface area contributed by atoms with Crippen LogP contribution in [0.25, 0.3) is 0 Å². The molecule has 5 nitrogen and oxygen atoms in total. The van der Waals surface area contributed by atoms with Crippen molar-refractivity contribution >= 4 is 11.8 Å². The lowest BCUT2D eigenvalue weighted by atomic mass is 9.93. The first-order valence-electron chi connectivity index (χ1n) is 11.0. The van der Waals surface area contributed by atoms with Crippen LogP contribution in [0.1, 0.15) is 56.7 Å². The van der Waals surface area contributed by atoms with Crippen LogP contribution in [0.15, 0.2) is 66.7 Å². The molecule has 0 saturated carbocycles. The van der Waals surface area contributed by atoms with Crippen molar-refractivity contribution < 1.29 is 14.3 Å². The largest absolute Gasteiger partial charge is 0.457 e. The van der Waals surface area contributed by atoms with E-state index in [9.17, 15) is 9.59 Å². The summed E-state index contributed by atoms with van der Waals surface area (Å²) in [6.07, 6.45) is 1.64. The first-order chi connectivity index (χ1) is 15.5. The molecule has 164 valence electrons. The van der Waals surface area contributed by atoms with Gasteiger partial charge in [-0.2, -0.15) is 0 Å². The van der Waals surface area contributed by atoms with Gasteiger partial charge in [0.15, 0.2) is 0 Å². The number of hydrogen-bond acceptors (Lipinski definition) is 3. The van der Waals surface area contributed by atoms with Crippen LogP contribution >= 0.6 is 0 Å². The average Bonchev–Trinajstić information content (AvgIpc) is 3.29. The number of hydrogen-bond donors (Lipinski definition) is 1. The molecule has 32 heavy (non-hydrogen) atoms. The van der Waals surface area contributed by atoms with Crippen LogP contribution in [-0.4, -0.2) is 29.8 Å². The highest BCUT2D eigenvalue weighted by atomic mass is 16.5. The van der Waals surface area contributed by atoms with Crippen LogP contribution in [0, 0.1) is 6.92 Å². The highest BCUT2D eigenvalue weighted by Gasteiger charge is 2.30. The normalized spacial score (nSPS) is 15.6. The molecule has 3 aromatic rings. The van der Waals surface area contributed by atoms with E-state index in [2.05, 4.69) is 6.92 Å². The average molecular weight is 429 g/mol. The van der Waals surface area contributed by atoms with Crippen molar-refractivity contribution in [3.8, 4) is 11.5 Å². The Kier molecular flexibility index (Phi) is 6.26. The van der Waals surface area contributed by atoms with Gasteiger partial charge in [-0.3, -0.25) is 9.59 Å². The van der Waals surface area contributed by atoms with E-state index in [1.807, 2.05) is 72.5 Å². The Morgan fingerprint density at radius 3 is 2.62 bits per heavy atom. The SMILES string of the molecule is CCc1ccccc1Oc1ccc(C2CCN(C(=O)c3cccc(C)c3)C2)c(C(N)=O)c1. The number of ether oxygens (including phenoxy) is 1. The molecule has 1 aliphatic heterocycles. The van der Waals surface area contributed by atoms with Crippen LogP contribution in [0.5, 0.6) is 11.5 Å². The highest BCUT2D eigenvalue weighted by Crippen LogP contribution is 2.34. The van der Waals surface area contributed by atoms with E-state index < -0.39 is 5.91 Å². The Morgan fingerprint density at radius 1 is 1.06 bits per heavy atom. The summed E-state index contributed by atoms with van der Waals surface area (Å²) in [5.74, 6) is 0.942. The predicted octanol–water partition coefficient (Wildman–Crippen LogP) is 5.08. The smallest absolute Gasteiger partial charge is 0.253 e. The minimum absolute atomic E-state index is 0.0213. The van der Waals surface area contributed by atoms with E-state index in [-0.39, 0.29) is 11.8 Å². The fourth-order valence-corrected chi connectivity index (χ4v) is 4.35. The Balaban J connectivity index is 1.55. The summed E-state index contributed by atoms with van der Waals surface area (Å²) >= 11 is 0.